The Morgan fingerprint density at radius 1 is 1.19 bits per heavy atom. The second kappa shape index (κ2) is 10.5. The third-order valence-corrected chi connectivity index (χ3v) is 6.07. The van der Waals surface area contributed by atoms with E-state index in [2.05, 4.69) is 39.6 Å². The van der Waals surface area contributed by atoms with Gasteiger partial charge in [0.1, 0.15) is 18.5 Å². The van der Waals surface area contributed by atoms with Gasteiger partial charge < -0.3 is 19.6 Å². The number of likely N-dealkylation sites (tertiary alicyclic amines) is 2. The maximum absolute atomic E-state index is 10.5. The molecular weight excluding hydrogens is 392 g/mol. The SMILES string of the molecule is CC(C)N(C)/C(=N\C#N)N1CC2CC(CN(CC(O)COc3ccc(C#N)cc3)C2)C1. The first kappa shape index (κ1) is 22.9. The number of aliphatic hydroxyl groups is 1. The lowest BCUT2D eigenvalue weighted by atomic mass is 9.84. The molecule has 2 fully saturated rings. The Morgan fingerprint density at radius 3 is 2.39 bits per heavy atom. The van der Waals surface area contributed by atoms with Crippen molar-refractivity contribution in [1.29, 1.82) is 10.5 Å². The van der Waals surface area contributed by atoms with Crippen molar-refractivity contribution >= 4 is 5.96 Å². The Kier molecular flexibility index (Phi) is 7.73. The fraction of sp³-hybridized carbons (Fsp3) is 0.609. The summed E-state index contributed by atoms with van der Waals surface area (Å²) in [7, 11) is 1.99. The lowest BCUT2D eigenvalue weighted by molar-refractivity contribution is 0.0124. The van der Waals surface area contributed by atoms with E-state index < -0.39 is 6.10 Å². The summed E-state index contributed by atoms with van der Waals surface area (Å²) < 4.78 is 5.68. The van der Waals surface area contributed by atoms with Crippen LogP contribution in [0.4, 0.5) is 0 Å². The second-order valence-corrected chi connectivity index (χ2v) is 8.91. The van der Waals surface area contributed by atoms with Gasteiger partial charge in [-0.2, -0.15) is 10.5 Å². The average molecular weight is 425 g/mol. The first-order valence-corrected chi connectivity index (χ1v) is 10.9. The molecule has 0 amide bonds. The van der Waals surface area contributed by atoms with Gasteiger partial charge in [0.05, 0.1) is 11.6 Å². The standard InChI is InChI=1S/C23H32N6O2/c1-17(2)27(3)23(26-16-25)29-12-19-8-20(13-29)11-28(10-19)14-21(30)15-31-22-6-4-18(9-24)5-7-22/h4-7,17,19-21,30H,8,10-15H2,1-3H3/b26-23+. The summed E-state index contributed by atoms with van der Waals surface area (Å²) in [5, 5.41) is 28.5. The van der Waals surface area contributed by atoms with Gasteiger partial charge in [-0.25, -0.2) is 0 Å². The minimum atomic E-state index is -0.576. The Labute approximate surface area is 184 Å². The summed E-state index contributed by atoms with van der Waals surface area (Å²) in [6, 6.07) is 9.27. The lowest BCUT2D eigenvalue weighted by Crippen LogP contribution is -2.58. The number of fused-ring (bicyclic) bond motifs is 2. The Bertz CT molecular complexity index is 827. The topological polar surface area (TPSA) is 99.1 Å². The van der Waals surface area contributed by atoms with Crippen molar-refractivity contribution in [2.45, 2.75) is 32.4 Å². The largest absolute Gasteiger partial charge is 0.491 e. The van der Waals surface area contributed by atoms with Crippen molar-refractivity contribution in [3.63, 3.8) is 0 Å². The number of aliphatic hydroxyl groups excluding tert-OH is 1. The van der Waals surface area contributed by atoms with Gasteiger partial charge in [0.2, 0.25) is 12.2 Å². The highest BCUT2D eigenvalue weighted by atomic mass is 16.5. The smallest absolute Gasteiger partial charge is 0.212 e. The van der Waals surface area contributed by atoms with E-state index in [1.165, 1.54) is 6.42 Å². The first-order valence-electron chi connectivity index (χ1n) is 10.9. The molecule has 3 rings (SSSR count). The van der Waals surface area contributed by atoms with E-state index in [0.717, 1.165) is 32.1 Å². The van der Waals surface area contributed by atoms with Crippen LogP contribution in [0.3, 0.4) is 0 Å². The normalized spacial score (nSPS) is 22.5. The molecule has 31 heavy (non-hydrogen) atoms. The summed E-state index contributed by atoms with van der Waals surface area (Å²) in [5.74, 6) is 2.39. The zero-order valence-corrected chi connectivity index (χ0v) is 18.6. The number of hydrogen-bond acceptors (Lipinski definition) is 6. The summed E-state index contributed by atoms with van der Waals surface area (Å²) in [6.45, 7) is 8.60. The highest BCUT2D eigenvalue weighted by Gasteiger charge is 2.36. The Hall–Kier alpha value is -2.81. The van der Waals surface area contributed by atoms with Crippen LogP contribution in [0.15, 0.2) is 29.3 Å². The summed E-state index contributed by atoms with van der Waals surface area (Å²) in [5.41, 5.74) is 0.587. The van der Waals surface area contributed by atoms with Gasteiger partial charge in [-0.1, -0.05) is 0 Å². The van der Waals surface area contributed by atoms with E-state index in [4.69, 9.17) is 15.3 Å². The van der Waals surface area contributed by atoms with E-state index in [-0.39, 0.29) is 12.6 Å². The number of nitrogens with zero attached hydrogens (tertiary/aromatic N) is 6. The van der Waals surface area contributed by atoms with Crippen molar-refractivity contribution in [3.05, 3.63) is 29.8 Å². The van der Waals surface area contributed by atoms with E-state index in [0.29, 0.717) is 29.7 Å². The number of ether oxygens (including phenoxy) is 1. The second-order valence-electron chi connectivity index (χ2n) is 8.91. The van der Waals surface area contributed by atoms with Crippen LogP contribution in [-0.4, -0.2) is 84.3 Å². The van der Waals surface area contributed by atoms with Crippen molar-refractivity contribution < 1.29 is 9.84 Å². The maximum atomic E-state index is 10.5. The molecule has 3 atom stereocenters. The van der Waals surface area contributed by atoms with Gasteiger partial charge in [0, 0.05) is 45.8 Å². The van der Waals surface area contributed by atoms with Crippen LogP contribution in [0.2, 0.25) is 0 Å². The molecule has 2 bridgehead atoms. The number of hydrogen-bond donors (Lipinski definition) is 1. The molecule has 0 spiro atoms. The Morgan fingerprint density at radius 2 is 1.84 bits per heavy atom. The van der Waals surface area contributed by atoms with Gasteiger partial charge >= 0.3 is 0 Å². The molecule has 3 unspecified atom stereocenters. The summed E-state index contributed by atoms with van der Waals surface area (Å²) in [6.07, 6.45) is 2.57. The minimum absolute atomic E-state index is 0.224. The third-order valence-electron chi connectivity index (χ3n) is 6.07. The van der Waals surface area contributed by atoms with Gasteiger partial charge in [-0.3, -0.25) is 4.90 Å². The number of piperidine rings is 2. The number of nitriles is 2. The predicted octanol–water partition coefficient (Wildman–Crippen LogP) is 1.73. The quantitative estimate of drug-likeness (QED) is 0.422. The number of β-amino-alcohol motifs (C(OH)–C–C–N with tert-alkyl or cyclic N) is 1. The lowest BCUT2D eigenvalue weighted by Gasteiger charge is -2.48. The van der Waals surface area contributed by atoms with Crippen molar-refractivity contribution in [3.8, 4) is 18.0 Å². The molecule has 8 nitrogen and oxygen atoms in total. The van der Waals surface area contributed by atoms with Gasteiger partial charge in [-0.15, -0.1) is 4.99 Å². The monoisotopic (exact) mass is 424 g/mol. The highest BCUT2D eigenvalue weighted by molar-refractivity contribution is 5.81. The van der Waals surface area contributed by atoms with Crippen molar-refractivity contribution in [1.82, 2.24) is 14.7 Å². The molecule has 2 aliphatic heterocycles. The molecule has 8 heteroatoms. The van der Waals surface area contributed by atoms with Gasteiger partial charge in [0.15, 0.2) is 0 Å². The number of rotatable bonds is 6. The highest BCUT2D eigenvalue weighted by Crippen LogP contribution is 2.29. The van der Waals surface area contributed by atoms with Crippen LogP contribution in [0.5, 0.6) is 5.75 Å². The first-order chi connectivity index (χ1) is 14.9. The molecule has 2 saturated heterocycles. The van der Waals surface area contributed by atoms with Crippen LogP contribution >= 0.6 is 0 Å². The molecular formula is C23H32N6O2. The summed E-state index contributed by atoms with van der Waals surface area (Å²) in [4.78, 5) is 10.8. The Balaban J connectivity index is 1.51. The van der Waals surface area contributed by atoms with Crippen molar-refractivity contribution in [2.24, 2.45) is 16.8 Å². The van der Waals surface area contributed by atoms with E-state index in [9.17, 15) is 5.11 Å². The molecule has 2 aliphatic rings. The van der Waals surface area contributed by atoms with Crippen LogP contribution < -0.4 is 4.74 Å². The molecule has 0 aliphatic carbocycles. The zero-order chi connectivity index (χ0) is 22.4. The number of aliphatic imine (C=N–C) groups is 1. The molecule has 2 heterocycles. The molecule has 1 N–H and O–H groups in total. The van der Waals surface area contributed by atoms with Crippen LogP contribution in [0.1, 0.15) is 25.8 Å². The summed E-state index contributed by atoms with van der Waals surface area (Å²) >= 11 is 0. The molecule has 0 radical (unpaired) electrons. The van der Waals surface area contributed by atoms with E-state index in [1.54, 1.807) is 24.3 Å². The fourth-order valence-corrected chi connectivity index (χ4v) is 4.52. The van der Waals surface area contributed by atoms with Gasteiger partial charge in [0.25, 0.3) is 0 Å². The van der Waals surface area contributed by atoms with Crippen LogP contribution in [0, 0.1) is 34.6 Å². The van der Waals surface area contributed by atoms with E-state index >= 15 is 0 Å². The molecule has 1 aromatic rings. The number of benzene rings is 1. The minimum Gasteiger partial charge on any atom is -0.491 e. The van der Waals surface area contributed by atoms with Crippen LogP contribution in [0.25, 0.3) is 0 Å². The average Bonchev–Trinajstić information content (AvgIpc) is 2.75. The van der Waals surface area contributed by atoms with Crippen LogP contribution in [-0.2, 0) is 0 Å². The van der Waals surface area contributed by atoms with E-state index in [1.807, 2.05) is 13.2 Å². The van der Waals surface area contributed by atoms with Gasteiger partial charge in [-0.05, 0) is 56.4 Å². The fourth-order valence-electron chi connectivity index (χ4n) is 4.52. The molecule has 1 aromatic carbocycles. The molecule has 0 aromatic heterocycles. The third kappa shape index (κ3) is 6.10. The molecule has 0 saturated carbocycles. The maximum Gasteiger partial charge on any atom is 0.212 e. The number of guanidine groups is 1. The zero-order valence-electron chi connectivity index (χ0n) is 18.6. The van der Waals surface area contributed by atoms with Crippen molar-refractivity contribution in [2.75, 3.05) is 46.4 Å². The predicted molar refractivity (Wildman–Crippen MR) is 118 cm³/mol. The molecule has 166 valence electrons.